The van der Waals surface area contributed by atoms with Crippen molar-refractivity contribution in [1.29, 1.82) is 0 Å². The SMILES string of the molecule is Nc1cc2c(cc1I)-c1ccccc1[C@@H]2O. The molecule has 3 N–H and O–H groups in total. The second kappa shape index (κ2) is 3.46. The van der Waals surface area contributed by atoms with E-state index in [0.29, 0.717) is 0 Å². The van der Waals surface area contributed by atoms with Crippen molar-refractivity contribution in [3.63, 3.8) is 0 Å². The van der Waals surface area contributed by atoms with Gasteiger partial charge in [-0.2, -0.15) is 0 Å². The highest BCUT2D eigenvalue weighted by molar-refractivity contribution is 14.1. The molecule has 16 heavy (non-hydrogen) atoms. The summed E-state index contributed by atoms with van der Waals surface area (Å²) in [5.74, 6) is 0. The molecule has 80 valence electrons. The topological polar surface area (TPSA) is 46.2 Å². The number of aliphatic hydroxyl groups is 1. The van der Waals surface area contributed by atoms with Crippen LogP contribution in [-0.4, -0.2) is 5.11 Å². The summed E-state index contributed by atoms with van der Waals surface area (Å²) in [6.07, 6.45) is -0.537. The highest BCUT2D eigenvalue weighted by Crippen LogP contribution is 2.44. The lowest BCUT2D eigenvalue weighted by molar-refractivity contribution is 0.225. The van der Waals surface area contributed by atoms with Gasteiger partial charge in [-0.3, -0.25) is 0 Å². The maximum absolute atomic E-state index is 10.2. The van der Waals surface area contributed by atoms with Crippen LogP contribution in [0.25, 0.3) is 11.1 Å². The quantitative estimate of drug-likeness (QED) is 0.578. The number of rotatable bonds is 0. The van der Waals surface area contributed by atoms with E-state index in [-0.39, 0.29) is 0 Å². The van der Waals surface area contributed by atoms with Gasteiger partial charge in [0.25, 0.3) is 0 Å². The van der Waals surface area contributed by atoms with Crippen molar-refractivity contribution in [2.45, 2.75) is 6.10 Å². The van der Waals surface area contributed by atoms with Gasteiger partial charge < -0.3 is 10.8 Å². The van der Waals surface area contributed by atoms with Gasteiger partial charge in [-0.1, -0.05) is 24.3 Å². The molecular weight excluding hydrogens is 313 g/mol. The Bertz CT molecular complexity index is 580. The number of hydrogen-bond donors (Lipinski definition) is 2. The Labute approximate surface area is 107 Å². The van der Waals surface area contributed by atoms with E-state index in [0.717, 1.165) is 31.5 Å². The standard InChI is InChI=1S/C13H10INO/c14-11-5-9-7-3-1-2-4-8(7)13(16)10(9)6-12(11)15/h1-6,13,16H,15H2/t13-/m0/s1. The molecule has 0 saturated carbocycles. The molecule has 2 nitrogen and oxygen atoms in total. The molecule has 0 bridgehead atoms. The number of anilines is 1. The van der Waals surface area contributed by atoms with E-state index in [1.165, 1.54) is 0 Å². The second-order valence-corrected chi connectivity index (χ2v) is 5.11. The van der Waals surface area contributed by atoms with Gasteiger partial charge in [0.2, 0.25) is 0 Å². The average molecular weight is 323 g/mol. The van der Waals surface area contributed by atoms with Crippen LogP contribution in [-0.2, 0) is 0 Å². The predicted octanol–water partition coefficient (Wildman–Crippen LogP) is 2.94. The fraction of sp³-hybridized carbons (Fsp3) is 0.0769. The normalized spacial score (nSPS) is 17.0. The number of nitrogens with two attached hydrogens (primary N) is 1. The Kier molecular flexibility index (Phi) is 2.19. The summed E-state index contributed by atoms with van der Waals surface area (Å²) in [6, 6.07) is 11.9. The number of hydrogen-bond acceptors (Lipinski definition) is 2. The van der Waals surface area contributed by atoms with E-state index >= 15 is 0 Å². The largest absolute Gasteiger partial charge is 0.398 e. The minimum atomic E-state index is -0.537. The van der Waals surface area contributed by atoms with Gasteiger partial charge in [-0.25, -0.2) is 0 Å². The predicted molar refractivity (Wildman–Crippen MR) is 73.1 cm³/mol. The zero-order valence-corrected chi connectivity index (χ0v) is 10.6. The Morgan fingerprint density at radius 3 is 2.62 bits per heavy atom. The van der Waals surface area contributed by atoms with E-state index in [1.54, 1.807) is 0 Å². The first-order valence-electron chi connectivity index (χ1n) is 5.05. The van der Waals surface area contributed by atoms with Crippen molar-refractivity contribution >= 4 is 28.3 Å². The zero-order chi connectivity index (χ0) is 11.3. The molecule has 1 aliphatic carbocycles. The molecule has 0 fully saturated rings. The molecule has 2 aromatic carbocycles. The Morgan fingerprint density at radius 1 is 1.06 bits per heavy atom. The first-order valence-corrected chi connectivity index (χ1v) is 6.12. The van der Waals surface area contributed by atoms with Crippen LogP contribution in [0.3, 0.4) is 0 Å². The van der Waals surface area contributed by atoms with E-state index in [9.17, 15) is 5.11 Å². The average Bonchev–Trinajstić information content (AvgIpc) is 2.55. The number of nitrogen functional groups attached to an aromatic ring is 1. The molecule has 0 heterocycles. The molecule has 3 heteroatoms. The zero-order valence-electron chi connectivity index (χ0n) is 8.44. The molecule has 1 atom stereocenters. The van der Waals surface area contributed by atoms with Crippen LogP contribution in [0.4, 0.5) is 5.69 Å². The van der Waals surface area contributed by atoms with Crippen molar-refractivity contribution in [1.82, 2.24) is 0 Å². The van der Waals surface area contributed by atoms with Crippen LogP contribution < -0.4 is 5.73 Å². The Balaban J connectivity index is 2.34. The van der Waals surface area contributed by atoms with Crippen LogP contribution in [0.15, 0.2) is 36.4 Å². The van der Waals surface area contributed by atoms with Crippen LogP contribution in [0.5, 0.6) is 0 Å². The van der Waals surface area contributed by atoms with Gasteiger partial charge in [0, 0.05) is 9.26 Å². The van der Waals surface area contributed by atoms with Crippen molar-refractivity contribution in [3.05, 3.63) is 51.1 Å². The van der Waals surface area contributed by atoms with Gasteiger partial charge in [0.1, 0.15) is 6.10 Å². The third-order valence-corrected chi connectivity index (χ3v) is 3.94. The van der Waals surface area contributed by atoms with Crippen molar-refractivity contribution < 1.29 is 5.11 Å². The highest BCUT2D eigenvalue weighted by atomic mass is 127. The lowest BCUT2D eigenvalue weighted by Crippen LogP contribution is -1.96. The maximum atomic E-state index is 10.2. The monoisotopic (exact) mass is 323 g/mol. The van der Waals surface area contributed by atoms with E-state index in [4.69, 9.17) is 5.73 Å². The molecule has 0 saturated heterocycles. The summed E-state index contributed by atoms with van der Waals surface area (Å²) in [5.41, 5.74) is 10.7. The van der Waals surface area contributed by atoms with Gasteiger partial charge in [-0.05, 0) is 57.0 Å². The van der Waals surface area contributed by atoms with E-state index in [2.05, 4.69) is 22.6 Å². The number of aliphatic hydroxyl groups excluding tert-OH is 1. The molecule has 0 spiro atoms. The maximum Gasteiger partial charge on any atom is 0.105 e. The summed E-state index contributed by atoms with van der Waals surface area (Å²) in [5, 5.41) is 10.2. The fourth-order valence-corrected chi connectivity index (χ4v) is 2.68. The molecule has 0 unspecified atom stereocenters. The van der Waals surface area contributed by atoms with Gasteiger partial charge >= 0.3 is 0 Å². The van der Waals surface area contributed by atoms with Crippen LogP contribution >= 0.6 is 22.6 Å². The molecular formula is C13H10INO. The lowest BCUT2D eigenvalue weighted by Gasteiger charge is -2.07. The van der Waals surface area contributed by atoms with Crippen molar-refractivity contribution in [3.8, 4) is 11.1 Å². The number of halogens is 1. The highest BCUT2D eigenvalue weighted by Gasteiger charge is 2.27. The van der Waals surface area contributed by atoms with Gasteiger partial charge in [0.05, 0.1) is 0 Å². The number of benzene rings is 2. The van der Waals surface area contributed by atoms with Crippen molar-refractivity contribution in [2.24, 2.45) is 0 Å². The van der Waals surface area contributed by atoms with Crippen molar-refractivity contribution in [2.75, 3.05) is 5.73 Å². The van der Waals surface area contributed by atoms with E-state index in [1.807, 2.05) is 36.4 Å². The summed E-state index contributed by atoms with van der Waals surface area (Å²) in [7, 11) is 0. The molecule has 1 aliphatic rings. The summed E-state index contributed by atoms with van der Waals surface area (Å²) in [6.45, 7) is 0. The molecule has 0 aromatic heterocycles. The summed E-state index contributed by atoms with van der Waals surface area (Å²) in [4.78, 5) is 0. The fourth-order valence-electron chi connectivity index (χ4n) is 2.22. The second-order valence-electron chi connectivity index (χ2n) is 3.95. The molecule has 0 radical (unpaired) electrons. The van der Waals surface area contributed by atoms with Gasteiger partial charge in [0.15, 0.2) is 0 Å². The first kappa shape index (κ1) is 10.1. The van der Waals surface area contributed by atoms with Gasteiger partial charge in [-0.15, -0.1) is 0 Å². The molecule has 0 amide bonds. The minimum absolute atomic E-state index is 0.537. The smallest absolute Gasteiger partial charge is 0.105 e. The Hall–Kier alpha value is -1.07. The first-order chi connectivity index (χ1) is 7.68. The number of fused-ring (bicyclic) bond motifs is 3. The van der Waals surface area contributed by atoms with E-state index < -0.39 is 6.10 Å². The molecule has 0 aliphatic heterocycles. The summed E-state index contributed by atoms with van der Waals surface area (Å²) < 4.78 is 1.03. The third-order valence-electron chi connectivity index (χ3n) is 3.01. The third kappa shape index (κ3) is 1.28. The lowest BCUT2D eigenvalue weighted by atomic mass is 10.1. The molecule has 2 aromatic rings. The van der Waals surface area contributed by atoms with Crippen LogP contribution in [0, 0.1) is 3.57 Å². The summed E-state index contributed by atoms with van der Waals surface area (Å²) >= 11 is 2.22. The van der Waals surface area contributed by atoms with Crippen LogP contribution in [0.2, 0.25) is 0 Å². The molecule has 3 rings (SSSR count). The minimum Gasteiger partial charge on any atom is -0.398 e. The van der Waals surface area contributed by atoms with Crippen LogP contribution in [0.1, 0.15) is 17.2 Å². The Morgan fingerprint density at radius 2 is 1.81 bits per heavy atom.